The molecule has 0 bridgehead atoms. The number of hydrogen-bond donors (Lipinski definition) is 2. The summed E-state index contributed by atoms with van der Waals surface area (Å²) in [5.41, 5.74) is 12.1. The quantitative estimate of drug-likeness (QED) is 0.775. The van der Waals surface area contributed by atoms with Crippen molar-refractivity contribution in [2.75, 3.05) is 6.54 Å². The summed E-state index contributed by atoms with van der Waals surface area (Å²) in [7, 11) is 0. The van der Waals surface area contributed by atoms with E-state index in [1.165, 1.54) is 0 Å². The van der Waals surface area contributed by atoms with Crippen molar-refractivity contribution in [2.45, 2.75) is 32.9 Å². The van der Waals surface area contributed by atoms with Crippen LogP contribution in [0.25, 0.3) is 0 Å². The molecule has 0 saturated heterocycles. The predicted octanol–water partition coefficient (Wildman–Crippen LogP) is 0.874. The van der Waals surface area contributed by atoms with E-state index in [4.69, 9.17) is 11.5 Å². The highest BCUT2D eigenvalue weighted by Crippen LogP contribution is 2.10. The largest absolute Gasteiger partial charge is 0.370 e. The molecular weight excluding hydrogens is 254 g/mol. The molecule has 0 radical (unpaired) electrons. The molecule has 0 unspecified atom stereocenters. The molecule has 0 saturated carbocycles. The second kappa shape index (κ2) is 7.65. The number of amides is 2. The van der Waals surface area contributed by atoms with Gasteiger partial charge in [0.15, 0.2) is 0 Å². The normalized spacial score (nSPS) is 12.2. The van der Waals surface area contributed by atoms with Crippen LogP contribution in [0.1, 0.15) is 25.8 Å². The van der Waals surface area contributed by atoms with E-state index in [9.17, 15) is 9.59 Å². The minimum Gasteiger partial charge on any atom is -0.370 e. The van der Waals surface area contributed by atoms with Crippen molar-refractivity contribution < 1.29 is 9.59 Å². The average molecular weight is 277 g/mol. The van der Waals surface area contributed by atoms with Gasteiger partial charge in [0.05, 0.1) is 6.04 Å². The molecule has 0 spiro atoms. The Morgan fingerprint density at radius 2 is 1.80 bits per heavy atom. The lowest BCUT2D eigenvalue weighted by atomic mass is 10.0. The Kier molecular flexibility index (Phi) is 6.18. The number of nitrogens with zero attached hydrogens (tertiary/aromatic N) is 1. The van der Waals surface area contributed by atoms with Gasteiger partial charge >= 0.3 is 0 Å². The fourth-order valence-corrected chi connectivity index (χ4v) is 1.81. The van der Waals surface area contributed by atoms with Crippen LogP contribution < -0.4 is 11.5 Å². The number of hydrogen-bond acceptors (Lipinski definition) is 3. The maximum Gasteiger partial charge on any atom is 0.240 e. The summed E-state index contributed by atoms with van der Waals surface area (Å²) in [5.74, 6) is -0.520. The van der Waals surface area contributed by atoms with Gasteiger partial charge in [-0.15, -0.1) is 0 Å². The van der Waals surface area contributed by atoms with Crippen LogP contribution in [-0.4, -0.2) is 29.3 Å². The molecule has 2 amide bonds. The molecule has 0 aliphatic rings. The van der Waals surface area contributed by atoms with E-state index in [0.29, 0.717) is 13.1 Å². The number of primary amides is 1. The van der Waals surface area contributed by atoms with Crippen LogP contribution in [-0.2, 0) is 16.1 Å². The number of nitrogens with two attached hydrogens (primary N) is 2. The Morgan fingerprint density at radius 3 is 2.30 bits per heavy atom. The molecule has 5 nitrogen and oxygen atoms in total. The van der Waals surface area contributed by atoms with Gasteiger partial charge in [-0.3, -0.25) is 9.59 Å². The maximum atomic E-state index is 12.4. The average Bonchev–Trinajstić information content (AvgIpc) is 2.42. The van der Waals surface area contributed by atoms with Crippen LogP contribution in [0.3, 0.4) is 0 Å². The Labute approximate surface area is 119 Å². The highest BCUT2D eigenvalue weighted by atomic mass is 16.2. The molecule has 1 aromatic carbocycles. The Hall–Kier alpha value is -1.88. The van der Waals surface area contributed by atoms with E-state index < -0.39 is 11.9 Å². The Balaban J connectivity index is 2.79. The minimum atomic E-state index is -0.563. The monoisotopic (exact) mass is 277 g/mol. The zero-order valence-corrected chi connectivity index (χ0v) is 12.1. The number of carbonyl (C=O) groups is 2. The molecule has 0 aromatic heterocycles. The first-order valence-electron chi connectivity index (χ1n) is 6.78. The van der Waals surface area contributed by atoms with Crippen molar-refractivity contribution in [2.24, 2.45) is 17.4 Å². The van der Waals surface area contributed by atoms with Crippen LogP contribution >= 0.6 is 0 Å². The summed E-state index contributed by atoms with van der Waals surface area (Å²) < 4.78 is 0. The number of carbonyl (C=O) groups excluding carboxylic acids is 2. The summed E-state index contributed by atoms with van der Waals surface area (Å²) in [5, 5.41) is 0. The van der Waals surface area contributed by atoms with E-state index in [1.807, 2.05) is 44.2 Å². The highest BCUT2D eigenvalue weighted by molar-refractivity contribution is 5.82. The van der Waals surface area contributed by atoms with E-state index in [2.05, 4.69) is 0 Å². The minimum absolute atomic E-state index is 0.0503. The summed E-state index contributed by atoms with van der Waals surface area (Å²) in [6.07, 6.45) is 0.142. The van der Waals surface area contributed by atoms with Gasteiger partial charge in [-0.25, -0.2) is 0 Å². The fraction of sp³-hybridized carbons (Fsp3) is 0.467. The van der Waals surface area contributed by atoms with Gasteiger partial charge in [-0.1, -0.05) is 44.2 Å². The van der Waals surface area contributed by atoms with E-state index in [-0.39, 0.29) is 18.2 Å². The Morgan fingerprint density at radius 1 is 1.20 bits per heavy atom. The molecule has 1 atom stereocenters. The second-order valence-corrected chi connectivity index (χ2v) is 5.23. The van der Waals surface area contributed by atoms with Crippen LogP contribution in [0.2, 0.25) is 0 Å². The molecule has 1 aromatic rings. The van der Waals surface area contributed by atoms with E-state index in [1.54, 1.807) is 4.90 Å². The van der Waals surface area contributed by atoms with Gasteiger partial charge in [0.1, 0.15) is 0 Å². The second-order valence-electron chi connectivity index (χ2n) is 5.23. The maximum absolute atomic E-state index is 12.4. The van der Waals surface area contributed by atoms with Crippen molar-refractivity contribution in [1.82, 2.24) is 4.90 Å². The van der Waals surface area contributed by atoms with Crippen LogP contribution in [0.15, 0.2) is 30.3 Å². The van der Waals surface area contributed by atoms with Crippen molar-refractivity contribution >= 4 is 11.8 Å². The van der Waals surface area contributed by atoms with Gasteiger partial charge in [0.2, 0.25) is 11.8 Å². The summed E-state index contributed by atoms with van der Waals surface area (Å²) >= 11 is 0. The first-order chi connectivity index (χ1) is 9.41. The van der Waals surface area contributed by atoms with E-state index in [0.717, 1.165) is 5.56 Å². The van der Waals surface area contributed by atoms with Crippen LogP contribution in [0.5, 0.6) is 0 Å². The molecule has 0 aliphatic heterocycles. The predicted molar refractivity (Wildman–Crippen MR) is 78.5 cm³/mol. The van der Waals surface area contributed by atoms with Gasteiger partial charge in [0.25, 0.3) is 0 Å². The van der Waals surface area contributed by atoms with Gasteiger partial charge in [-0.2, -0.15) is 0 Å². The third-order valence-corrected chi connectivity index (χ3v) is 3.16. The molecule has 20 heavy (non-hydrogen) atoms. The molecule has 0 fully saturated rings. The van der Waals surface area contributed by atoms with Crippen LogP contribution in [0.4, 0.5) is 0 Å². The fourth-order valence-electron chi connectivity index (χ4n) is 1.81. The lowest BCUT2D eigenvalue weighted by molar-refractivity contribution is -0.134. The molecule has 5 heteroatoms. The molecule has 110 valence electrons. The first kappa shape index (κ1) is 16.2. The highest BCUT2D eigenvalue weighted by Gasteiger charge is 2.23. The molecule has 4 N–H and O–H groups in total. The van der Waals surface area contributed by atoms with Crippen molar-refractivity contribution in [1.29, 1.82) is 0 Å². The lowest BCUT2D eigenvalue weighted by Crippen LogP contribution is -2.47. The lowest BCUT2D eigenvalue weighted by Gasteiger charge is -2.27. The molecule has 1 rings (SSSR count). The van der Waals surface area contributed by atoms with Crippen molar-refractivity contribution in [3.8, 4) is 0 Å². The third-order valence-electron chi connectivity index (χ3n) is 3.16. The zero-order valence-electron chi connectivity index (χ0n) is 12.1. The van der Waals surface area contributed by atoms with Crippen molar-refractivity contribution in [3.63, 3.8) is 0 Å². The zero-order chi connectivity index (χ0) is 15.1. The summed E-state index contributed by atoms with van der Waals surface area (Å²) in [4.78, 5) is 24.9. The molecule has 0 aliphatic carbocycles. The third kappa shape index (κ3) is 5.01. The SMILES string of the molecule is CC(C)[C@@H](N)C(=O)N(CCC(N)=O)Cc1ccccc1. The molecule has 0 heterocycles. The van der Waals surface area contributed by atoms with Gasteiger partial charge < -0.3 is 16.4 Å². The van der Waals surface area contributed by atoms with Crippen molar-refractivity contribution in [3.05, 3.63) is 35.9 Å². The first-order valence-corrected chi connectivity index (χ1v) is 6.78. The number of benzene rings is 1. The number of rotatable bonds is 7. The van der Waals surface area contributed by atoms with E-state index >= 15 is 0 Å². The van der Waals surface area contributed by atoms with Gasteiger partial charge in [0, 0.05) is 19.5 Å². The van der Waals surface area contributed by atoms with Crippen LogP contribution in [0, 0.1) is 5.92 Å². The smallest absolute Gasteiger partial charge is 0.240 e. The molecular formula is C15H23N3O2. The Bertz CT molecular complexity index is 446. The topological polar surface area (TPSA) is 89.4 Å². The summed E-state index contributed by atoms with van der Waals surface area (Å²) in [6, 6.07) is 9.05. The standard InChI is InChI=1S/C15H23N3O2/c1-11(2)14(17)15(20)18(9-8-13(16)19)10-12-6-4-3-5-7-12/h3-7,11,14H,8-10,17H2,1-2H3,(H2,16,19)/t14-/m1/s1. The van der Waals surface area contributed by atoms with Gasteiger partial charge in [-0.05, 0) is 11.5 Å². The summed E-state index contributed by atoms with van der Waals surface area (Å²) in [6.45, 7) is 4.53.